The Kier molecular flexibility index (Phi) is 7.50. The number of hydrogen-bond acceptors (Lipinski definition) is 9. The Morgan fingerprint density at radius 2 is 1.93 bits per heavy atom. The van der Waals surface area contributed by atoms with Gasteiger partial charge in [0.2, 0.25) is 11.8 Å². The highest BCUT2D eigenvalue weighted by Gasteiger charge is 2.34. The summed E-state index contributed by atoms with van der Waals surface area (Å²) in [4.78, 5) is 30.0. The number of nitriles is 1. The zero-order valence-electron chi connectivity index (χ0n) is 24.1. The van der Waals surface area contributed by atoms with Crippen molar-refractivity contribution in [2.24, 2.45) is 0 Å². The van der Waals surface area contributed by atoms with Crippen LogP contribution in [0.3, 0.4) is 0 Å². The number of aromatic nitrogens is 5. The molecule has 4 aromatic rings. The molecule has 6 rings (SSSR count). The lowest BCUT2D eigenvalue weighted by Gasteiger charge is -2.43. The van der Waals surface area contributed by atoms with Crippen LogP contribution in [0.25, 0.3) is 22.3 Å². The number of nitrogens with zero attached hydrogens (tertiary/aromatic N) is 8. The van der Waals surface area contributed by atoms with E-state index in [9.17, 15) is 10.1 Å². The number of piperidine rings is 1. The summed E-state index contributed by atoms with van der Waals surface area (Å²) in [6, 6.07) is 13.9. The Morgan fingerprint density at radius 3 is 2.63 bits per heavy atom. The lowest BCUT2D eigenvalue weighted by molar-refractivity contribution is -0.128. The molecule has 1 amide bonds. The van der Waals surface area contributed by atoms with E-state index in [2.05, 4.69) is 25.9 Å². The predicted octanol–water partition coefficient (Wildman–Crippen LogP) is 4.50. The number of halogens is 1. The number of amides is 1. The molecule has 43 heavy (non-hydrogen) atoms. The first-order chi connectivity index (χ1) is 20.7. The van der Waals surface area contributed by atoms with Gasteiger partial charge in [-0.05, 0) is 57.4 Å². The van der Waals surface area contributed by atoms with Crippen LogP contribution in [0.5, 0.6) is 11.6 Å². The molecule has 3 aromatic heterocycles. The number of rotatable bonds is 7. The molecule has 2 aliphatic rings. The first-order valence-electron chi connectivity index (χ1n) is 14.3. The molecule has 220 valence electrons. The summed E-state index contributed by atoms with van der Waals surface area (Å²) in [5.74, 6) is -0.306. The van der Waals surface area contributed by atoms with E-state index in [1.165, 1.54) is 6.33 Å². The Balaban J connectivity index is 1.30. The van der Waals surface area contributed by atoms with E-state index >= 15 is 4.39 Å². The molecule has 1 aromatic carbocycles. The molecule has 2 saturated heterocycles. The van der Waals surface area contributed by atoms with Crippen LogP contribution < -0.4 is 10.5 Å². The average molecular weight is 582 g/mol. The van der Waals surface area contributed by atoms with Gasteiger partial charge in [0, 0.05) is 37.8 Å². The first-order valence-corrected chi connectivity index (χ1v) is 14.3. The SMILES string of the molecule is CC(C)(C=C(C#N)C(=O)N1CCCC(n2nc(-c3ccc(Oc4ccccc4)nc3F)c3c(N)ncnc32)C1)N1CCC1. The maximum absolute atomic E-state index is 15.5. The topological polar surface area (TPSA) is 139 Å². The predicted molar refractivity (Wildman–Crippen MR) is 158 cm³/mol. The molecule has 0 spiro atoms. The van der Waals surface area contributed by atoms with E-state index in [0.29, 0.717) is 42.7 Å². The number of hydrogen-bond donors (Lipinski definition) is 1. The smallest absolute Gasteiger partial charge is 0.264 e. The molecule has 2 aliphatic heterocycles. The van der Waals surface area contributed by atoms with E-state index in [1.807, 2.05) is 32.0 Å². The van der Waals surface area contributed by atoms with Crippen LogP contribution in [0, 0.1) is 17.3 Å². The highest BCUT2D eigenvalue weighted by molar-refractivity contribution is 5.99. The normalized spacial score (nSPS) is 17.9. The van der Waals surface area contributed by atoms with Gasteiger partial charge in [0.25, 0.3) is 5.91 Å². The number of anilines is 1. The second kappa shape index (κ2) is 11.4. The fourth-order valence-corrected chi connectivity index (χ4v) is 5.69. The van der Waals surface area contributed by atoms with Crippen molar-refractivity contribution in [1.82, 2.24) is 34.5 Å². The second-order valence-electron chi connectivity index (χ2n) is 11.4. The fourth-order valence-electron chi connectivity index (χ4n) is 5.69. The minimum atomic E-state index is -0.780. The molecular weight excluding hydrogens is 549 g/mol. The maximum atomic E-state index is 15.5. The lowest BCUT2D eigenvalue weighted by Crippen LogP contribution is -2.51. The Morgan fingerprint density at radius 1 is 1.14 bits per heavy atom. The summed E-state index contributed by atoms with van der Waals surface area (Å²) in [5, 5.41) is 15.1. The quantitative estimate of drug-likeness (QED) is 0.190. The van der Waals surface area contributed by atoms with Crippen molar-refractivity contribution < 1.29 is 13.9 Å². The van der Waals surface area contributed by atoms with E-state index in [4.69, 9.17) is 15.6 Å². The molecule has 1 atom stereocenters. The third-order valence-corrected chi connectivity index (χ3v) is 8.11. The van der Waals surface area contributed by atoms with Gasteiger partial charge >= 0.3 is 0 Å². The zero-order valence-corrected chi connectivity index (χ0v) is 24.1. The molecule has 0 bridgehead atoms. The zero-order chi connectivity index (χ0) is 30.1. The van der Waals surface area contributed by atoms with Gasteiger partial charge in [-0.3, -0.25) is 9.69 Å². The number of pyridine rings is 1. The minimum absolute atomic E-state index is 0.0977. The van der Waals surface area contributed by atoms with Crippen molar-refractivity contribution in [3.63, 3.8) is 0 Å². The van der Waals surface area contributed by atoms with E-state index in [1.54, 1.807) is 39.9 Å². The molecular formula is C31H32FN9O2. The van der Waals surface area contributed by atoms with Gasteiger partial charge in [0.1, 0.15) is 35.2 Å². The summed E-state index contributed by atoms with van der Waals surface area (Å²) >= 11 is 0. The summed E-state index contributed by atoms with van der Waals surface area (Å²) in [5.41, 5.74) is 6.81. The number of carbonyl (C=O) groups is 1. The summed E-state index contributed by atoms with van der Waals surface area (Å²) < 4.78 is 22.8. The van der Waals surface area contributed by atoms with Crippen molar-refractivity contribution in [2.75, 3.05) is 31.9 Å². The number of fused-ring (bicyclic) bond motifs is 1. The van der Waals surface area contributed by atoms with Gasteiger partial charge in [0.15, 0.2) is 5.65 Å². The monoisotopic (exact) mass is 581 g/mol. The van der Waals surface area contributed by atoms with Gasteiger partial charge < -0.3 is 15.4 Å². The van der Waals surface area contributed by atoms with Gasteiger partial charge in [-0.15, -0.1) is 0 Å². The van der Waals surface area contributed by atoms with Crippen LogP contribution in [0.4, 0.5) is 10.2 Å². The molecule has 5 heterocycles. The number of nitrogens with two attached hydrogens (primary N) is 1. The maximum Gasteiger partial charge on any atom is 0.264 e. The first kappa shape index (κ1) is 28.2. The van der Waals surface area contributed by atoms with Gasteiger partial charge in [-0.1, -0.05) is 18.2 Å². The number of likely N-dealkylation sites (tertiary alicyclic amines) is 2. The summed E-state index contributed by atoms with van der Waals surface area (Å²) in [6.45, 7) is 6.76. The highest BCUT2D eigenvalue weighted by Crippen LogP contribution is 2.36. The number of benzene rings is 1. The standard InChI is InChI=1S/C31H32FN9O2/c1-31(2,40-14-7-15-40)16-20(17-33)30(42)39-13-6-8-21(18-39)41-29-25(28(34)35-19-36-29)26(38-41)23-11-12-24(37-27(23)32)43-22-9-4-3-5-10-22/h3-5,9-12,16,19,21H,6-8,13-15,18H2,1-2H3,(H2,34,35,36). The second-order valence-corrected chi connectivity index (χ2v) is 11.4. The van der Waals surface area contributed by atoms with Crippen molar-refractivity contribution in [3.05, 3.63) is 66.4 Å². The third-order valence-electron chi connectivity index (χ3n) is 8.11. The molecule has 11 nitrogen and oxygen atoms in total. The van der Waals surface area contributed by atoms with Gasteiger partial charge in [-0.25, -0.2) is 14.6 Å². The van der Waals surface area contributed by atoms with Crippen molar-refractivity contribution in [1.29, 1.82) is 5.26 Å². The number of ether oxygens (including phenoxy) is 1. The van der Waals surface area contributed by atoms with Crippen LogP contribution >= 0.6 is 0 Å². The van der Waals surface area contributed by atoms with Crippen LogP contribution in [0.15, 0.2) is 60.4 Å². The van der Waals surface area contributed by atoms with E-state index < -0.39 is 11.5 Å². The van der Waals surface area contributed by atoms with Gasteiger partial charge in [-0.2, -0.15) is 19.7 Å². The molecule has 0 aliphatic carbocycles. The number of carbonyl (C=O) groups excluding carboxylic acids is 1. The minimum Gasteiger partial charge on any atom is -0.439 e. The largest absolute Gasteiger partial charge is 0.439 e. The lowest BCUT2D eigenvalue weighted by atomic mass is 9.94. The van der Waals surface area contributed by atoms with Crippen molar-refractivity contribution >= 4 is 22.8 Å². The average Bonchev–Trinajstić information content (AvgIpc) is 3.36. The Bertz CT molecular complexity index is 1740. The molecule has 1 unspecified atom stereocenters. The van der Waals surface area contributed by atoms with E-state index in [0.717, 1.165) is 19.5 Å². The highest BCUT2D eigenvalue weighted by atomic mass is 19.1. The van der Waals surface area contributed by atoms with Crippen LogP contribution in [-0.2, 0) is 4.79 Å². The molecule has 2 N–H and O–H groups in total. The number of para-hydroxylation sites is 1. The van der Waals surface area contributed by atoms with E-state index in [-0.39, 0.29) is 40.5 Å². The number of nitrogen functional groups attached to an aromatic ring is 1. The molecule has 2 fully saturated rings. The fraction of sp³-hybridized carbons (Fsp3) is 0.355. The van der Waals surface area contributed by atoms with Crippen LogP contribution in [0.2, 0.25) is 0 Å². The third kappa shape index (κ3) is 5.51. The van der Waals surface area contributed by atoms with Crippen LogP contribution in [0.1, 0.15) is 39.2 Å². The molecule has 12 heteroatoms. The summed E-state index contributed by atoms with van der Waals surface area (Å²) in [7, 11) is 0. The van der Waals surface area contributed by atoms with Crippen molar-refractivity contribution in [2.45, 2.75) is 44.7 Å². The Hall–Kier alpha value is -4.89. The molecule has 0 radical (unpaired) electrons. The van der Waals surface area contributed by atoms with Crippen LogP contribution in [-0.4, -0.2) is 72.2 Å². The van der Waals surface area contributed by atoms with Gasteiger partial charge in [0.05, 0.1) is 17.0 Å². The summed E-state index contributed by atoms with van der Waals surface area (Å²) in [6.07, 6.45) is 5.63. The molecule has 0 saturated carbocycles. The Labute approximate surface area is 248 Å². The van der Waals surface area contributed by atoms with Crippen molar-refractivity contribution in [3.8, 4) is 29.0 Å².